The standard InChI is InChI=1S/C10H10Br2O/c11-7-10(5-6-10)13-9-3-1-8(12)2-4-9/h1-4H,5-7H2. The van der Waals surface area contributed by atoms with E-state index in [0.717, 1.165) is 28.4 Å². The smallest absolute Gasteiger partial charge is 0.120 e. The lowest BCUT2D eigenvalue weighted by atomic mass is 10.3. The van der Waals surface area contributed by atoms with E-state index >= 15 is 0 Å². The van der Waals surface area contributed by atoms with E-state index in [1.807, 2.05) is 24.3 Å². The number of halogens is 2. The minimum Gasteiger partial charge on any atom is -0.486 e. The van der Waals surface area contributed by atoms with E-state index in [2.05, 4.69) is 31.9 Å². The number of benzene rings is 1. The predicted octanol–water partition coefficient (Wildman–Crippen LogP) is 3.76. The zero-order valence-electron chi connectivity index (χ0n) is 7.09. The van der Waals surface area contributed by atoms with Gasteiger partial charge in [0.05, 0.1) is 0 Å². The molecule has 3 heteroatoms. The van der Waals surface area contributed by atoms with Gasteiger partial charge in [0, 0.05) is 9.80 Å². The molecule has 1 aromatic carbocycles. The normalized spacial score (nSPS) is 18.3. The monoisotopic (exact) mass is 304 g/mol. The molecule has 0 aliphatic heterocycles. The summed E-state index contributed by atoms with van der Waals surface area (Å²) in [5.41, 5.74) is 0.0911. The second kappa shape index (κ2) is 3.62. The molecule has 0 unspecified atom stereocenters. The van der Waals surface area contributed by atoms with Crippen molar-refractivity contribution < 1.29 is 4.74 Å². The Morgan fingerprint density at radius 3 is 2.31 bits per heavy atom. The van der Waals surface area contributed by atoms with Gasteiger partial charge in [0.2, 0.25) is 0 Å². The maximum absolute atomic E-state index is 5.85. The molecule has 1 aliphatic rings. The van der Waals surface area contributed by atoms with Crippen molar-refractivity contribution in [3.8, 4) is 5.75 Å². The van der Waals surface area contributed by atoms with Crippen molar-refractivity contribution in [2.45, 2.75) is 18.4 Å². The Bertz CT molecular complexity index is 290. The number of alkyl halides is 1. The van der Waals surface area contributed by atoms with Gasteiger partial charge in [-0.25, -0.2) is 0 Å². The minimum absolute atomic E-state index is 0.0911. The van der Waals surface area contributed by atoms with Crippen LogP contribution in [-0.4, -0.2) is 10.9 Å². The Kier molecular flexibility index (Phi) is 2.65. The van der Waals surface area contributed by atoms with E-state index in [4.69, 9.17) is 4.74 Å². The molecular weight excluding hydrogens is 296 g/mol. The lowest BCUT2D eigenvalue weighted by molar-refractivity contribution is 0.206. The molecule has 1 aliphatic carbocycles. The van der Waals surface area contributed by atoms with Crippen molar-refractivity contribution in [1.82, 2.24) is 0 Å². The van der Waals surface area contributed by atoms with Gasteiger partial charge in [0.15, 0.2) is 0 Å². The molecule has 0 amide bonds. The van der Waals surface area contributed by atoms with Gasteiger partial charge in [0.1, 0.15) is 11.4 Å². The molecule has 1 fully saturated rings. The molecule has 13 heavy (non-hydrogen) atoms. The summed E-state index contributed by atoms with van der Waals surface area (Å²) in [4.78, 5) is 0. The maximum Gasteiger partial charge on any atom is 0.120 e. The fraction of sp³-hybridized carbons (Fsp3) is 0.400. The third-order valence-corrected chi connectivity index (χ3v) is 3.75. The van der Waals surface area contributed by atoms with Gasteiger partial charge in [-0.2, -0.15) is 0 Å². The minimum atomic E-state index is 0.0911. The van der Waals surface area contributed by atoms with Gasteiger partial charge in [0.25, 0.3) is 0 Å². The first-order chi connectivity index (χ1) is 6.24. The van der Waals surface area contributed by atoms with E-state index in [-0.39, 0.29) is 5.60 Å². The molecule has 0 atom stereocenters. The third-order valence-electron chi connectivity index (χ3n) is 2.20. The summed E-state index contributed by atoms with van der Waals surface area (Å²) in [6.45, 7) is 0. The van der Waals surface area contributed by atoms with Crippen LogP contribution in [0.15, 0.2) is 28.7 Å². The second-order valence-electron chi connectivity index (χ2n) is 3.37. The number of ether oxygens (including phenoxy) is 1. The fourth-order valence-electron chi connectivity index (χ4n) is 1.16. The summed E-state index contributed by atoms with van der Waals surface area (Å²) >= 11 is 6.86. The molecule has 0 bridgehead atoms. The Morgan fingerprint density at radius 2 is 1.85 bits per heavy atom. The lowest BCUT2D eigenvalue weighted by Crippen LogP contribution is -2.19. The van der Waals surface area contributed by atoms with Crippen LogP contribution in [-0.2, 0) is 0 Å². The zero-order chi connectivity index (χ0) is 9.31. The first kappa shape index (κ1) is 9.53. The fourth-order valence-corrected chi connectivity index (χ4v) is 2.09. The summed E-state index contributed by atoms with van der Waals surface area (Å²) in [7, 11) is 0. The van der Waals surface area contributed by atoms with E-state index in [1.165, 1.54) is 0 Å². The van der Waals surface area contributed by atoms with Crippen molar-refractivity contribution in [3.05, 3.63) is 28.7 Å². The van der Waals surface area contributed by atoms with Crippen LogP contribution in [0.1, 0.15) is 12.8 Å². The lowest BCUT2D eigenvalue weighted by Gasteiger charge is -2.14. The summed E-state index contributed by atoms with van der Waals surface area (Å²) in [6.07, 6.45) is 2.32. The van der Waals surface area contributed by atoms with Crippen LogP contribution in [0.2, 0.25) is 0 Å². The molecule has 0 spiro atoms. The van der Waals surface area contributed by atoms with Crippen molar-refractivity contribution in [1.29, 1.82) is 0 Å². The first-order valence-electron chi connectivity index (χ1n) is 4.25. The molecule has 0 N–H and O–H groups in total. The average Bonchev–Trinajstić information content (AvgIpc) is 2.90. The largest absolute Gasteiger partial charge is 0.486 e. The third kappa shape index (κ3) is 2.26. The average molecular weight is 306 g/mol. The number of rotatable bonds is 3. The molecule has 0 radical (unpaired) electrons. The Labute approximate surface area is 94.7 Å². The highest BCUT2D eigenvalue weighted by molar-refractivity contribution is 9.10. The molecule has 2 rings (SSSR count). The number of hydrogen-bond acceptors (Lipinski definition) is 1. The van der Waals surface area contributed by atoms with E-state index in [1.54, 1.807) is 0 Å². The van der Waals surface area contributed by atoms with Crippen LogP contribution < -0.4 is 4.74 Å². The van der Waals surface area contributed by atoms with E-state index < -0.39 is 0 Å². The molecule has 1 aromatic rings. The highest BCUT2D eigenvalue weighted by Gasteiger charge is 2.44. The Hall–Kier alpha value is -0.0200. The molecular formula is C10H10Br2O. The van der Waals surface area contributed by atoms with Crippen molar-refractivity contribution in [2.24, 2.45) is 0 Å². The van der Waals surface area contributed by atoms with Crippen LogP contribution in [0, 0.1) is 0 Å². The SMILES string of the molecule is BrCC1(Oc2ccc(Br)cc2)CC1. The quantitative estimate of drug-likeness (QED) is 0.773. The van der Waals surface area contributed by atoms with Crippen LogP contribution in [0.3, 0.4) is 0 Å². The second-order valence-corrected chi connectivity index (χ2v) is 4.85. The summed E-state index contributed by atoms with van der Waals surface area (Å²) in [5, 5.41) is 0.927. The van der Waals surface area contributed by atoms with Gasteiger partial charge >= 0.3 is 0 Å². The van der Waals surface area contributed by atoms with Gasteiger partial charge in [-0.1, -0.05) is 31.9 Å². The molecule has 0 heterocycles. The summed E-state index contributed by atoms with van der Waals surface area (Å²) in [6, 6.07) is 7.99. The van der Waals surface area contributed by atoms with Crippen molar-refractivity contribution >= 4 is 31.9 Å². The van der Waals surface area contributed by atoms with Gasteiger partial charge in [-0.3, -0.25) is 0 Å². The molecule has 1 nitrogen and oxygen atoms in total. The summed E-state index contributed by atoms with van der Waals surface area (Å²) in [5.74, 6) is 0.958. The maximum atomic E-state index is 5.85. The van der Waals surface area contributed by atoms with Gasteiger partial charge in [-0.15, -0.1) is 0 Å². The highest BCUT2D eigenvalue weighted by atomic mass is 79.9. The van der Waals surface area contributed by atoms with E-state index in [9.17, 15) is 0 Å². The topological polar surface area (TPSA) is 9.23 Å². The molecule has 0 saturated heterocycles. The van der Waals surface area contributed by atoms with Crippen LogP contribution >= 0.6 is 31.9 Å². The van der Waals surface area contributed by atoms with Gasteiger partial charge < -0.3 is 4.74 Å². The van der Waals surface area contributed by atoms with Crippen LogP contribution in [0.5, 0.6) is 5.75 Å². The zero-order valence-corrected chi connectivity index (χ0v) is 10.3. The van der Waals surface area contributed by atoms with Crippen LogP contribution in [0.4, 0.5) is 0 Å². The first-order valence-corrected chi connectivity index (χ1v) is 6.16. The Balaban J connectivity index is 2.06. The molecule has 1 saturated carbocycles. The summed E-state index contributed by atoms with van der Waals surface area (Å²) < 4.78 is 6.94. The number of hydrogen-bond donors (Lipinski definition) is 0. The highest BCUT2D eigenvalue weighted by Crippen LogP contribution is 2.41. The predicted molar refractivity (Wildman–Crippen MR) is 60.5 cm³/mol. The van der Waals surface area contributed by atoms with Crippen molar-refractivity contribution in [3.63, 3.8) is 0 Å². The molecule has 70 valence electrons. The van der Waals surface area contributed by atoms with Gasteiger partial charge in [-0.05, 0) is 37.1 Å². The Morgan fingerprint density at radius 1 is 1.23 bits per heavy atom. The van der Waals surface area contributed by atoms with Crippen molar-refractivity contribution in [2.75, 3.05) is 5.33 Å². The molecule has 0 aromatic heterocycles. The van der Waals surface area contributed by atoms with Crippen LogP contribution in [0.25, 0.3) is 0 Å². The van der Waals surface area contributed by atoms with E-state index in [0.29, 0.717) is 0 Å².